The molecule has 2 N–H and O–H groups in total. The molecule has 0 aliphatic rings. The Labute approximate surface area is 230 Å². The number of hydrogen-bond acceptors (Lipinski definition) is 4. The van der Waals surface area contributed by atoms with Crippen molar-refractivity contribution in [3.8, 4) is 5.75 Å². The van der Waals surface area contributed by atoms with Crippen LogP contribution in [0.25, 0.3) is 0 Å². The van der Waals surface area contributed by atoms with E-state index in [4.69, 9.17) is 4.74 Å². The molecule has 0 spiro atoms. The molecule has 1 amide bonds. The van der Waals surface area contributed by atoms with Crippen LogP contribution in [0.4, 0.5) is 0 Å². The summed E-state index contributed by atoms with van der Waals surface area (Å²) in [6.07, 6.45) is 27.3. The van der Waals surface area contributed by atoms with Gasteiger partial charge in [-0.3, -0.25) is 4.79 Å². The number of allylic oxidation sites excluding steroid dienone is 10. The van der Waals surface area contributed by atoms with Crippen molar-refractivity contribution in [2.45, 2.75) is 66.2 Å². The number of carbonyl (C=O) groups is 2. The predicted molar refractivity (Wildman–Crippen MR) is 158 cm³/mol. The molecule has 0 saturated carbocycles. The molecule has 0 aliphatic carbocycles. The van der Waals surface area contributed by atoms with E-state index < -0.39 is 5.97 Å². The number of hydrogen-bond donors (Lipinski definition) is 2. The average molecular weight is 522 g/mol. The third-order valence-corrected chi connectivity index (χ3v) is 6.30. The van der Waals surface area contributed by atoms with Crippen LogP contribution >= 0.6 is 0 Å². The van der Waals surface area contributed by atoms with Gasteiger partial charge < -0.3 is 15.2 Å². The van der Waals surface area contributed by atoms with Crippen LogP contribution in [0.3, 0.4) is 0 Å². The van der Waals surface area contributed by atoms with Crippen LogP contribution in [0.1, 0.15) is 76.6 Å². The summed E-state index contributed by atoms with van der Waals surface area (Å²) in [6.45, 7) is 8.90. The molecular weight excluding hydrogens is 474 g/mol. The molecule has 1 aromatic rings. The number of carbonyl (C=O) groups excluding carboxylic acids is 2. The minimum Gasteiger partial charge on any atom is -0.507 e. The average Bonchev–Trinajstić information content (AvgIpc) is 2.91. The first-order valence-electron chi connectivity index (χ1n) is 13.9. The maximum Gasteiger partial charge on any atom is 0.341 e. The van der Waals surface area contributed by atoms with E-state index in [1.54, 1.807) is 12.1 Å². The fourth-order valence-corrected chi connectivity index (χ4v) is 3.63. The molecule has 1 aromatic carbocycles. The number of rotatable bonds is 18. The van der Waals surface area contributed by atoms with Crippen LogP contribution in [0, 0.1) is 17.8 Å². The quantitative estimate of drug-likeness (QED) is 0.118. The Morgan fingerprint density at radius 3 is 2.05 bits per heavy atom. The summed E-state index contributed by atoms with van der Waals surface area (Å²) in [4.78, 5) is 24.5. The van der Waals surface area contributed by atoms with E-state index in [1.165, 1.54) is 12.1 Å². The molecule has 0 heterocycles. The lowest BCUT2D eigenvalue weighted by Crippen LogP contribution is -2.33. The summed E-state index contributed by atoms with van der Waals surface area (Å²) < 4.78 is 5.14. The third-order valence-electron chi connectivity index (χ3n) is 6.30. The van der Waals surface area contributed by atoms with Gasteiger partial charge in [0.25, 0.3) is 0 Å². The Morgan fingerprint density at radius 1 is 0.868 bits per heavy atom. The summed E-state index contributed by atoms with van der Waals surface area (Å²) in [5, 5.41) is 12.5. The van der Waals surface area contributed by atoms with Crippen LogP contribution in [-0.2, 0) is 9.53 Å². The summed E-state index contributed by atoms with van der Waals surface area (Å²) in [6, 6.07) is 6.22. The van der Waals surface area contributed by atoms with Crippen molar-refractivity contribution in [1.82, 2.24) is 5.32 Å². The fraction of sp³-hybridized carbons (Fsp3) is 0.455. The maximum absolute atomic E-state index is 12.5. The van der Waals surface area contributed by atoms with Crippen LogP contribution in [0.15, 0.2) is 85.0 Å². The second-order valence-corrected chi connectivity index (χ2v) is 9.39. The van der Waals surface area contributed by atoms with Gasteiger partial charge in [0.1, 0.15) is 17.9 Å². The summed E-state index contributed by atoms with van der Waals surface area (Å²) in [5.41, 5.74) is 0.115. The molecule has 3 atom stereocenters. The molecule has 5 heteroatoms. The van der Waals surface area contributed by atoms with Gasteiger partial charge in [-0.1, -0.05) is 101 Å². The van der Waals surface area contributed by atoms with Crippen molar-refractivity contribution in [1.29, 1.82) is 0 Å². The molecule has 0 aromatic heterocycles. The normalized spacial score (nSPS) is 14.6. The molecule has 0 bridgehead atoms. The number of esters is 1. The van der Waals surface area contributed by atoms with Crippen LogP contribution in [-0.4, -0.2) is 30.1 Å². The van der Waals surface area contributed by atoms with E-state index in [9.17, 15) is 14.7 Å². The van der Waals surface area contributed by atoms with Crippen molar-refractivity contribution in [2.75, 3.05) is 13.2 Å². The molecule has 0 aliphatic heterocycles. The maximum atomic E-state index is 12.5. The van der Waals surface area contributed by atoms with Gasteiger partial charge in [-0.2, -0.15) is 0 Å². The monoisotopic (exact) mass is 521 g/mol. The number of phenols is 1. The Morgan fingerprint density at radius 2 is 1.45 bits per heavy atom. The molecular formula is C33H47NO4. The highest BCUT2D eigenvalue weighted by atomic mass is 16.5. The minimum absolute atomic E-state index is 0.0483. The lowest BCUT2D eigenvalue weighted by atomic mass is 9.94. The van der Waals surface area contributed by atoms with Gasteiger partial charge in [0.15, 0.2) is 0 Å². The number of phenolic OH excluding ortho intramolecular Hbond substituents is 1. The first-order valence-corrected chi connectivity index (χ1v) is 13.9. The lowest BCUT2D eigenvalue weighted by Gasteiger charge is -2.13. The highest BCUT2D eigenvalue weighted by Gasteiger charge is 2.15. The van der Waals surface area contributed by atoms with E-state index >= 15 is 0 Å². The number of aromatic hydroxyl groups is 1. The van der Waals surface area contributed by atoms with E-state index in [-0.39, 0.29) is 36.3 Å². The van der Waals surface area contributed by atoms with Gasteiger partial charge in [0.05, 0.1) is 6.54 Å². The third kappa shape index (κ3) is 14.4. The lowest BCUT2D eigenvalue weighted by molar-refractivity contribution is -0.125. The zero-order valence-corrected chi connectivity index (χ0v) is 23.6. The fourth-order valence-electron chi connectivity index (χ4n) is 3.63. The smallest absolute Gasteiger partial charge is 0.341 e. The SMILES string of the molecule is CCC=CCC=CCC=CC(C)C(C)C=CCC=CCC(CC)C(=O)NCCOC(=O)c1ccccc1O. The van der Waals surface area contributed by atoms with Crippen molar-refractivity contribution < 1.29 is 19.4 Å². The van der Waals surface area contributed by atoms with Gasteiger partial charge >= 0.3 is 5.97 Å². The van der Waals surface area contributed by atoms with Gasteiger partial charge in [-0.15, -0.1) is 0 Å². The first kappa shape index (κ1) is 32.7. The Kier molecular flexibility index (Phi) is 17.8. The second-order valence-electron chi connectivity index (χ2n) is 9.39. The van der Waals surface area contributed by atoms with Gasteiger partial charge in [-0.25, -0.2) is 4.79 Å². The number of ether oxygens (including phenoxy) is 1. The highest BCUT2D eigenvalue weighted by Crippen LogP contribution is 2.17. The molecule has 38 heavy (non-hydrogen) atoms. The highest BCUT2D eigenvalue weighted by molar-refractivity contribution is 5.92. The summed E-state index contributed by atoms with van der Waals surface area (Å²) in [5.74, 6) is 0.0466. The topological polar surface area (TPSA) is 75.6 Å². The van der Waals surface area contributed by atoms with E-state index in [0.717, 1.165) is 32.1 Å². The van der Waals surface area contributed by atoms with E-state index in [1.807, 2.05) is 6.92 Å². The Balaban J connectivity index is 2.27. The van der Waals surface area contributed by atoms with Crippen LogP contribution in [0.2, 0.25) is 0 Å². The van der Waals surface area contributed by atoms with Crippen LogP contribution in [0.5, 0.6) is 5.75 Å². The van der Waals surface area contributed by atoms with Gasteiger partial charge in [-0.05, 0) is 62.5 Å². The summed E-state index contributed by atoms with van der Waals surface area (Å²) in [7, 11) is 0. The van der Waals surface area contributed by atoms with Crippen molar-refractivity contribution in [2.24, 2.45) is 17.8 Å². The van der Waals surface area contributed by atoms with Gasteiger partial charge in [0, 0.05) is 5.92 Å². The number of nitrogens with one attached hydrogen (secondary N) is 1. The zero-order chi connectivity index (χ0) is 28.0. The largest absolute Gasteiger partial charge is 0.507 e. The molecule has 208 valence electrons. The molecule has 0 radical (unpaired) electrons. The van der Waals surface area contributed by atoms with Crippen molar-refractivity contribution in [3.63, 3.8) is 0 Å². The molecule has 3 unspecified atom stereocenters. The molecule has 0 fully saturated rings. The standard InChI is InChI=1S/C33H47NO4/c1-5-7-8-9-10-11-12-15-20-27(3)28(4)21-16-13-14-17-22-29(6-2)32(36)34-25-26-38-33(37)30-23-18-19-24-31(30)35/h7-8,10-11,14-21,23-24,27-29,35H,5-6,9,12-13,22,25-26H2,1-4H3,(H,34,36). The summed E-state index contributed by atoms with van der Waals surface area (Å²) >= 11 is 0. The Hall–Kier alpha value is -3.34. The number of amides is 1. The Bertz CT molecular complexity index is 957. The number of para-hydroxylation sites is 1. The molecule has 1 rings (SSSR count). The first-order chi connectivity index (χ1) is 18.4. The molecule has 0 saturated heterocycles. The van der Waals surface area contributed by atoms with Crippen molar-refractivity contribution in [3.05, 3.63) is 90.6 Å². The van der Waals surface area contributed by atoms with E-state index in [2.05, 4.69) is 86.8 Å². The van der Waals surface area contributed by atoms with Crippen LogP contribution < -0.4 is 5.32 Å². The van der Waals surface area contributed by atoms with Crippen molar-refractivity contribution >= 4 is 11.9 Å². The second kappa shape index (κ2) is 20.7. The number of benzene rings is 1. The zero-order valence-electron chi connectivity index (χ0n) is 23.6. The van der Waals surface area contributed by atoms with E-state index in [0.29, 0.717) is 18.3 Å². The predicted octanol–water partition coefficient (Wildman–Crippen LogP) is 7.72. The van der Waals surface area contributed by atoms with Gasteiger partial charge in [0.2, 0.25) is 5.91 Å². The minimum atomic E-state index is -0.608. The molecule has 5 nitrogen and oxygen atoms in total.